The van der Waals surface area contributed by atoms with Crippen LogP contribution in [-0.4, -0.2) is 5.96 Å². The van der Waals surface area contributed by atoms with Crippen molar-refractivity contribution in [2.24, 2.45) is 10.7 Å². The van der Waals surface area contributed by atoms with Crippen LogP contribution in [0, 0.1) is 6.92 Å². The Labute approximate surface area is 120 Å². The lowest BCUT2D eigenvalue weighted by molar-refractivity contribution is 0.998. The second kappa shape index (κ2) is 6.75. The molecule has 0 aromatic heterocycles. The van der Waals surface area contributed by atoms with Gasteiger partial charge in [-0.1, -0.05) is 48.9 Å². The van der Waals surface area contributed by atoms with Crippen LogP contribution in [0.4, 0.5) is 5.69 Å². The van der Waals surface area contributed by atoms with Crippen molar-refractivity contribution in [2.45, 2.75) is 26.8 Å². The Morgan fingerprint density at radius 2 is 1.70 bits per heavy atom. The zero-order valence-electron chi connectivity index (χ0n) is 12.1. The smallest absolute Gasteiger partial charge is 0.193 e. The molecule has 0 spiro atoms. The minimum Gasteiger partial charge on any atom is -0.370 e. The van der Waals surface area contributed by atoms with E-state index in [0.29, 0.717) is 12.5 Å². The first-order valence-corrected chi connectivity index (χ1v) is 6.89. The number of benzene rings is 2. The highest BCUT2D eigenvalue weighted by atomic mass is 15.1. The number of nitrogens with zero attached hydrogens (tertiary/aromatic N) is 1. The summed E-state index contributed by atoms with van der Waals surface area (Å²) in [6.07, 6.45) is 1.01. The summed E-state index contributed by atoms with van der Waals surface area (Å²) in [6.45, 7) is 4.81. The van der Waals surface area contributed by atoms with E-state index in [1.165, 1.54) is 16.7 Å². The molecule has 2 aromatic carbocycles. The number of rotatable bonds is 4. The van der Waals surface area contributed by atoms with Crippen LogP contribution in [0.2, 0.25) is 0 Å². The molecule has 0 fully saturated rings. The van der Waals surface area contributed by atoms with Crippen LogP contribution in [0.15, 0.2) is 53.5 Å². The number of hydrogen-bond acceptors (Lipinski definition) is 1. The van der Waals surface area contributed by atoms with Crippen LogP contribution in [0.25, 0.3) is 0 Å². The monoisotopic (exact) mass is 267 g/mol. The molecule has 3 nitrogen and oxygen atoms in total. The van der Waals surface area contributed by atoms with Gasteiger partial charge in [-0.15, -0.1) is 0 Å². The van der Waals surface area contributed by atoms with Crippen LogP contribution < -0.4 is 11.1 Å². The minimum absolute atomic E-state index is 0.444. The van der Waals surface area contributed by atoms with Gasteiger partial charge >= 0.3 is 0 Å². The Bertz CT molecular complexity index is 585. The minimum atomic E-state index is 0.444. The lowest BCUT2D eigenvalue weighted by Gasteiger charge is -2.08. The standard InChI is InChI=1S/C17H21N3/c1-3-14-6-4-5-7-15(14)12-19-17(18)20-16-10-8-13(2)9-11-16/h4-11H,3,12H2,1-2H3,(H3,18,19,20). The predicted molar refractivity (Wildman–Crippen MR) is 85.9 cm³/mol. The van der Waals surface area contributed by atoms with Gasteiger partial charge in [-0.3, -0.25) is 0 Å². The average molecular weight is 267 g/mol. The largest absolute Gasteiger partial charge is 0.370 e. The maximum Gasteiger partial charge on any atom is 0.193 e. The van der Waals surface area contributed by atoms with E-state index in [9.17, 15) is 0 Å². The zero-order valence-corrected chi connectivity index (χ0v) is 12.1. The molecule has 2 rings (SSSR count). The topological polar surface area (TPSA) is 50.4 Å². The van der Waals surface area contributed by atoms with Gasteiger partial charge in [0.1, 0.15) is 0 Å². The number of anilines is 1. The molecule has 0 unspecified atom stereocenters. The molecule has 0 bridgehead atoms. The van der Waals surface area contributed by atoms with Gasteiger partial charge in [0.25, 0.3) is 0 Å². The van der Waals surface area contributed by atoms with Crippen molar-refractivity contribution in [3.63, 3.8) is 0 Å². The van der Waals surface area contributed by atoms with E-state index in [2.05, 4.69) is 42.4 Å². The number of aliphatic imine (C=N–C) groups is 1. The van der Waals surface area contributed by atoms with Gasteiger partial charge in [0, 0.05) is 5.69 Å². The highest BCUT2D eigenvalue weighted by molar-refractivity contribution is 5.92. The fraction of sp³-hybridized carbons (Fsp3) is 0.235. The Balaban J connectivity index is 2.02. The van der Waals surface area contributed by atoms with Gasteiger partial charge < -0.3 is 11.1 Å². The van der Waals surface area contributed by atoms with Crippen molar-refractivity contribution in [3.05, 3.63) is 65.2 Å². The van der Waals surface area contributed by atoms with Crippen LogP contribution in [0.3, 0.4) is 0 Å². The molecule has 20 heavy (non-hydrogen) atoms. The van der Waals surface area contributed by atoms with E-state index >= 15 is 0 Å². The van der Waals surface area contributed by atoms with Crippen LogP contribution in [0.1, 0.15) is 23.6 Å². The van der Waals surface area contributed by atoms with Gasteiger partial charge in [-0.2, -0.15) is 0 Å². The molecular weight excluding hydrogens is 246 g/mol. The molecular formula is C17H21N3. The zero-order chi connectivity index (χ0) is 14.4. The first kappa shape index (κ1) is 14.1. The third-order valence-corrected chi connectivity index (χ3v) is 3.24. The van der Waals surface area contributed by atoms with Crippen LogP contribution in [0.5, 0.6) is 0 Å². The maximum absolute atomic E-state index is 5.92. The number of nitrogens with two attached hydrogens (primary N) is 1. The first-order valence-electron chi connectivity index (χ1n) is 6.89. The fourth-order valence-corrected chi connectivity index (χ4v) is 2.05. The molecule has 0 atom stereocenters. The Morgan fingerprint density at radius 1 is 1.05 bits per heavy atom. The summed E-state index contributed by atoms with van der Waals surface area (Å²) in [5, 5.41) is 3.10. The number of guanidine groups is 1. The maximum atomic E-state index is 5.92. The third kappa shape index (κ3) is 3.85. The molecule has 0 radical (unpaired) electrons. The summed E-state index contributed by atoms with van der Waals surface area (Å²) in [6, 6.07) is 16.4. The highest BCUT2D eigenvalue weighted by Crippen LogP contribution is 2.11. The van der Waals surface area contributed by atoms with Crippen molar-refractivity contribution in [1.82, 2.24) is 0 Å². The Kier molecular flexibility index (Phi) is 4.77. The summed E-state index contributed by atoms with van der Waals surface area (Å²) < 4.78 is 0. The molecule has 3 N–H and O–H groups in total. The second-order valence-corrected chi connectivity index (χ2v) is 4.81. The quantitative estimate of drug-likeness (QED) is 0.658. The van der Waals surface area contributed by atoms with Crippen LogP contribution >= 0.6 is 0 Å². The van der Waals surface area contributed by atoms with Gasteiger partial charge in [0.05, 0.1) is 6.54 Å². The molecule has 0 amide bonds. The van der Waals surface area contributed by atoms with Gasteiger partial charge in [0.15, 0.2) is 5.96 Å². The number of aryl methyl sites for hydroxylation is 2. The molecule has 2 aromatic rings. The second-order valence-electron chi connectivity index (χ2n) is 4.81. The molecule has 3 heteroatoms. The molecule has 0 aliphatic heterocycles. The van der Waals surface area contributed by atoms with E-state index in [1.54, 1.807) is 0 Å². The molecule has 0 saturated carbocycles. The van der Waals surface area contributed by atoms with E-state index in [0.717, 1.165) is 12.1 Å². The highest BCUT2D eigenvalue weighted by Gasteiger charge is 1.99. The van der Waals surface area contributed by atoms with E-state index in [-0.39, 0.29) is 0 Å². The van der Waals surface area contributed by atoms with E-state index in [1.807, 2.05) is 30.3 Å². The fourth-order valence-electron chi connectivity index (χ4n) is 2.05. The first-order chi connectivity index (χ1) is 9.69. The number of nitrogens with one attached hydrogen (secondary N) is 1. The van der Waals surface area contributed by atoms with Gasteiger partial charge in [-0.05, 0) is 36.6 Å². The Hall–Kier alpha value is -2.29. The summed E-state index contributed by atoms with van der Waals surface area (Å²) in [5.74, 6) is 0.444. The number of hydrogen-bond donors (Lipinski definition) is 2. The Morgan fingerprint density at radius 3 is 2.35 bits per heavy atom. The molecule has 0 heterocycles. The van der Waals surface area contributed by atoms with E-state index < -0.39 is 0 Å². The van der Waals surface area contributed by atoms with Gasteiger partial charge in [0.2, 0.25) is 0 Å². The van der Waals surface area contributed by atoms with Crippen molar-refractivity contribution in [3.8, 4) is 0 Å². The molecule has 0 aliphatic rings. The lowest BCUT2D eigenvalue weighted by Crippen LogP contribution is -2.22. The SMILES string of the molecule is CCc1ccccc1CN=C(N)Nc1ccc(C)cc1. The van der Waals surface area contributed by atoms with Crippen molar-refractivity contribution in [1.29, 1.82) is 0 Å². The van der Waals surface area contributed by atoms with E-state index in [4.69, 9.17) is 5.73 Å². The lowest BCUT2D eigenvalue weighted by atomic mass is 10.1. The predicted octanol–water partition coefficient (Wildman–Crippen LogP) is 3.48. The van der Waals surface area contributed by atoms with Crippen LogP contribution in [-0.2, 0) is 13.0 Å². The molecule has 104 valence electrons. The van der Waals surface area contributed by atoms with Crippen molar-refractivity contribution >= 4 is 11.6 Å². The summed E-state index contributed by atoms with van der Waals surface area (Å²) in [5.41, 5.74) is 10.7. The van der Waals surface area contributed by atoms with Crippen molar-refractivity contribution in [2.75, 3.05) is 5.32 Å². The normalized spacial score (nSPS) is 11.4. The summed E-state index contributed by atoms with van der Waals surface area (Å²) in [7, 11) is 0. The summed E-state index contributed by atoms with van der Waals surface area (Å²) >= 11 is 0. The summed E-state index contributed by atoms with van der Waals surface area (Å²) in [4.78, 5) is 4.40. The molecule has 0 saturated heterocycles. The third-order valence-electron chi connectivity index (χ3n) is 3.24. The van der Waals surface area contributed by atoms with Gasteiger partial charge in [-0.25, -0.2) is 4.99 Å². The molecule has 0 aliphatic carbocycles. The van der Waals surface area contributed by atoms with Crippen molar-refractivity contribution < 1.29 is 0 Å². The average Bonchev–Trinajstić information content (AvgIpc) is 2.48.